The van der Waals surface area contributed by atoms with Gasteiger partial charge in [0, 0.05) is 22.4 Å². The normalized spacial score (nSPS) is 15.6. The lowest BCUT2D eigenvalue weighted by Gasteiger charge is -2.00. The van der Waals surface area contributed by atoms with E-state index in [1.807, 2.05) is 30.3 Å². The molecule has 3 nitrogen and oxygen atoms in total. The maximum absolute atomic E-state index is 11.9. The Hall–Kier alpha value is -2.55. The molecule has 3 heteroatoms. The van der Waals surface area contributed by atoms with Crippen LogP contribution in [0.3, 0.4) is 0 Å². The first-order valence-corrected chi connectivity index (χ1v) is 5.66. The first kappa shape index (κ1) is 10.6. The number of phenolic OH excluding ortho intramolecular Hbond substituents is 1. The standard InChI is InChI=1S/C15H11NO2/c17-14-8-4-1-5-10(14)9-12-11-6-2-3-7-13(11)16-15(12)18/h1-9,17H,(H,16,18). The first-order chi connectivity index (χ1) is 8.75. The van der Waals surface area contributed by atoms with E-state index < -0.39 is 0 Å². The molecule has 0 saturated carbocycles. The topological polar surface area (TPSA) is 49.3 Å². The van der Waals surface area contributed by atoms with Crippen molar-refractivity contribution in [1.29, 1.82) is 0 Å². The number of para-hydroxylation sites is 2. The van der Waals surface area contributed by atoms with Crippen LogP contribution in [-0.2, 0) is 4.79 Å². The van der Waals surface area contributed by atoms with Gasteiger partial charge in [0.1, 0.15) is 5.75 Å². The Kier molecular flexibility index (Phi) is 2.38. The number of carbonyl (C=O) groups is 1. The summed E-state index contributed by atoms with van der Waals surface area (Å²) in [5.41, 5.74) is 2.89. The molecule has 3 rings (SSSR count). The second kappa shape index (κ2) is 4.04. The van der Waals surface area contributed by atoms with E-state index in [1.165, 1.54) is 0 Å². The molecule has 0 aromatic heterocycles. The number of anilines is 1. The molecule has 0 saturated heterocycles. The highest BCUT2D eigenvalue weighted by atomic mass is 16.3. The Morgan fingerprint density at radius 1 is 1.00 bits per heavy atom. The second-order valence-corrected chi connectivity index (χ2v) is 4.12. The van der Waals surface area contributed by atoms with Crippen LogP contribution in [0.5, 0.6) is 5.75 Å². The van der Waals surface area contributed by atoms with Crippen LogP contribution in [-0.4, -0.2) is 11.0 Å². The molecule has 2 N–H and O–H groups in total. The van der Waals surface area contributed by atoms with Gasteiger partial charge >= 0.3 is 0 Å². The summed E-state index contributed by atoms with van der Waals surface area (Å²) in [6, 6.07) is 14.5. The van der Waals surface area contributed by atoms with Gasteiger partial charge in [0.15, 0.2) is 0 Å². The van der Waals surface area contributed by atoms with Gasteiger partial charge in [-0.15, -0.1) is 0 Å². The average Bonchev–Trinajstić information content (AvgIpc) is 2.69. The van der Waals surface area contributed by atoms with Crippen molar-refractivity contribution in [3.63, 3.8) is 0 Å². The molecule has 88 valence electrons. The first-order valence-electron chi connectivity index (χ1n) is 5.66. The van der Waals surface area contributed by atoms with Gasteiger partial charge in [0.25, 0.3) is 5.91 Å². The molecule has 18 heavy (non-hydrogen) atoms. The van der Waals surface area contributed by atoms with Gasteiger partial charge in [-0.25, -0.2) is 0 Å². The van der Waals surface area contributed by atoms with E-state index in [4.69, 9.17) is 0 Å². The maximum atomic E-state index is 11.9. The monoisotopic (exact) mass is 237 g/mol. The molecule has 2 aromatic carbocycles. The summed E-state index contributed by atoms with van der Waals surface area (Å²) in [7, 11) is 0. The Morgan fingerprint density at radius 3 is 2.56 bits per heavy atom. The predicted molar refractivity (Wildman–Crippen MR) is 71.0 cm³/mol. The molecule has 0 bridgehead atoms. The van der Waals surface area contributed by atoms with Crippen molar-refractivity contribution in [2.45, 2.75) is 0 Å². The van der Waals surface area contributed by atoms with E-state index in [0.29, 0.717) is 11.1 Å². The second-order valence-electron chi connectivity index (χ2n) is 4.12. The number of phenols is 1. The Bertz CT molecular complexity index is 659. The molecular formula is C15H11NO2. The van der Waals surface area contributed by atoms with Crippen molar-refractivity contribution in [2.24, 2.45) is 0 Å². The third-order valence-corrected chi connectivity index (χ3v) is 2.95. The highest BCUT2D eigenvalue weighted by Gasteiger charge is 2.23. The van der Waals surface area contributed by atoms with Gasteiger partial charge < -0.3 is 10.4 Å². The lowest BCUT2D eigenvalue weighted by Crippen LogP contribution is -2.03. The largest absolute Gasteiger partial charge is 0.507 e. The van der Waals surface area contributed by atoms with Gasteiger partial charge in [-0.05, 0) is 18.2 Å². The van der Waals surface area contributed by atoms with Crippen molar-refractivity contribution >= 4 is 23.2 Å². The number of hydrogen-bond donors (Lipinski definition) is 2. The number of benzene rings is 2. The van der Waals surface area contributed by atoms with Crippen LogP contribution in [0, 0.1) is 0 Å². The molecule has 0 atom stereocenters. The van der Waals surface area contributed by atoms with Gasteiger partial charge in [0.2, 0.25) is 0 Å². The third-order valence-electron chi connectivity index (χ3n) is 2.95. The van der Waals surface area contributed by atoms with E-state index in [0.717, 1.165) is 11.3 Å². The summed E-state index contributed by atoms with van der Waals surface area (Å²) >= 11 is 0. The fourth-order valence-electron chi connectivity index (χ4n) is 2.05. The summed E-state index contributed by atoms with van der Waals surface area (Å²) < 4.78 is 0. The molecule has 1 aliphatic heterocycles. The van der Waals surface area contributed by atoms with Crippen LogP contribution in [0.25, 0.3) is 11.6 Å². The van der Waals surface area contributed by atoms with Crippen LogP contribution in [0.1, 0.15) is 11.1 Å². The zero-order valence-electron chi connectivity index (χ0n) is 9.55. The smallest absolute Gasteiger partial charge is 0.256 e. The minimum absolute atomic E-state index is 0.139. The zero-order valence-corrected chi connectivity index (χ0v) is 9.55. The summed E-state index contributed by atoms with van der Waals surface area (Å²) in [6.07, 6.45) is 1.70. The van der Waals surface area contributed by atoms with Crippen molar-refractivity contribution < 1.29 is 9.90 Å². The quantitative estimate of drug-likeness (QED) is 0.749. The Balaban J connectivity index is 2.13. The molecule has 0 aliphatic carbocycles. The summed E-state index contributed by atoms with van der Waals surface area (Å²) in [5, 5.41) is 12.5. The molecule has 0 spiro atoms. The van der Waals surface area contributed by atoms with Gasteiger partial charge in [-0.2, -0.15) is 0 Å². The number of carbonyl (C=O) groups excluding carboxylic acids is 1. The molecule has 1 heterocycles. The minimum Gasteiger partial charge on any atom is -0.507 e. The van der Waals surface area contributed by atoms with E-state index in [1.54, 1.807) is 24.3 Å². The molecular weight excluding hydrogens is 226 g/mol. The SMILES string of the molecule is O=C1Nc2ccccc2C1=Cc1ccccc1O. The number of fused-ring (bicyclic) bond motifs is 1. The number of hydrogen-bond acceptors (Lipinski definition) is 2. The molecule has 0 unspecified atom stereocenters. The fraction of sp³-hybridized carbons (Fsp3) is 0. The van der Waals surface area contributed by atoms with Gasteiger partial charge in [-0.1, -0.05) is 36.4 Å². The molecule has 0 radical (unpaired) electrons. The van der Waals surface area contributed by atoms with E-state index in [2.05, 4.69) is 5.32 Å². The third kappa shape index (κ3) is 1.66. The van der Waals surface area contributed by atoms with Crippen molar-refractivity contribution in [3.8, 4) is 5.75 Å². The average molecular weight is 237 g/mol. The molecule has 1 amide bonds. The summed E-state index contributed by atoms with van der Waals surface area (Å²) in [6.45, 7) is 0. The highest BCUT2D eigenvalue weighted by Crippen LogP contribution is 2.33. The van der Waals surface area contributed by atoms with E-state index in [9.17, 15) is 9.90 Å². The minimum atomic E-state index is -0.139. The number of rotatable bonds is 1. The van der Waals surface area contributed by atoms with Crippen LogP contribution < -0.4 is 5.32 Å². The van der Waals surface area contributed by atoms with Crippen molar-refractivity contribution in [1.82, 2.24) is 0 Å². The molecule has 0 fully saturated rings. The fourth-order valence-corrected chi connectivity index (χ4v) is 2.05. The Morgan fingerprint density at radius 2 is 1.72 bits per heavy atom. The lowest BCUT2D eigenvalue weighted by molar-refractivity contribution is -0.110. The molecule has 1 aliphatic rings. The highest BCUT2D eigenvalue weighted by molar-refractivity contribution is 6.35. The summed E-state index contributed by atoms with van der Waals surface area (Å²) in [5.74, 6) is 0.0293. The molecule has 2 aromatic rings. The van der Waals surface area contributed by atoms with Gasteiger partial charge in [0.05, 0.1) is 0 Å². The zero-order chi connectivity index (χ0) is 12.5. The van der Waals surface area contributed by atoms with Crippen LogP contribution in [0.4, 0.5) is 5.69 Å². The van der Waals surface area contributed by atoms with Crippen molar-refractivity contribution in [3.05, 3.63) is 59.7 Å². The number of nitrogens with one attached hydrogen (secondary N) is 1. The Labute approximate surface area is 104 Å². The van der Waals surface area contributed by atoms with Crippen LogP contribution in [0.15, 0.2) is 48.5 Å². The lowest BCUT2D eigenvalue weighted by atomic mass is 10.0. The number of aromatic hydroxyl groups is 1. The van der Waals surface area contributed by atoms with Gasteiger partial charge in [-0.3, -0.25) is 4.79 Å². The summed E-state index contributed by atoms with van der Waals surface area (Å²) in [4.78, 5) is 11.9. The predicted octanol–water partition coefficient (Wildman–Crippen LogP) is 2.88. The van der Waals surface area contributed by atoms with Crippen LogP contribution >= 0.6 is 0 Å². The van der Waals surface area contributed by atoms with Crippen molar-refractivity contribution in [2.75, 3.05) is 5.32 Å². The maximum Gasteiger partial charge on any atom is 0.256 e. The number of amides is 1. The van der Waals surface area contributed by atoms with Crippen LogP contribution in [0.2, 0.25) is 0 Å². The van der Waals surface area contributed by atoms with E-state index >= 15 is 0 Å². The van der Waals surface area contributed by atoms with E-state index in [-0.39, 0.29) is 11.7 Å².